The lowest BCUT2D eigenvalue weighted by molar-refractivity contribution is 0.618. The van der Waals surface area contributed by atoms with E-state index in [0.717, 1.165) is 10.2 Å². The second-order valence-electron chi connectivity index (χ2n) is 3.95. The molecule has 2 nitrogen and oxygen atoms in total. The van der Waals surface area contributed by atoms with Gasteiger partial charge >= 0.3 is 0 Å². The van der Waals surface area contributed by atoms with Crippen molar-refractivity contribution < 1.29 is 4.39 Å². The minimum Gasteiger partial charge on any atom is -0.324 e. The van der Waals surface area contributed by atoms with Gasteiger partial charge in [-0.05, 0) is 45.8 Å². The van der Waals surface area contributed by atoms with E-state index < -0.39 is 5.82 Å². The van der Waals surface area contributed by atoms with Gasteiger partial charge in [0.1, 0.15) is 5.82 Å². The topological polar surface area (TPSA) is 38.9 Å². The van der Waals surface area contributed by atoms with E-state index in [1.807, 2.05) is 12.1 Å². The van der Waals surface area contributed by atoms with Crippen molar-refractivity contribution in [1.29, 1.82) is 0 Å². The van der Waals surface area contributed by atoms with Crippen LogP contribution in [0.4, 0.5) is 4.39 Å². The fourth-order valence-electron chi connectivity index (χ4n) is 1.61. The van der Waals surface area contributed by atoms with Crippen molar-refractivity contribution in [2.75, 3.05) is 0 Å². The Kier molecular flexibility index (Phi) is 4.32. The molecule has 2 rings (SSSR count). The Balaban J connectivity index is 2.13. The number of aromatic nitrogens is 1. The van der Waals surface area contributed by atoms with Crippen LogP contribution in [-0.4, -0.2) is 4.98 Å². The molecule has 0 bridgehead atoms. The first-order valence-corrected chi connectivity index (χ1v) is 6.54. The standard InChI is InChI=1S/C13H11BrClFN2/c14-9-2-3-10(18-7-9)6-13(17)8-1-4-11(15)12(16)5-8/h1-5,7,13H,6,17H2. The molecular formula is C13H11BrClFN2. The predicted octanol–water partition coefficient (Wildman–Crippen LogP) is 3.88. The van der Waals surface area contributed by atoms with Gasteiger partial charge in [-0.15, -0.1) is 0 Å². The molecule has 0 radical (unpaired) electrons. The second-order valence-corrected chi connectivity index (χ2v) is 5.27. The average Bonchev–Trinajstić information content (AvgIpc) is 2.35. The van der Waals surface area contributed by atoms with E-state index in [9.17, 15) is 4.39 Å². The fraction of sp³-hybridized carbons (Fsp3) is 0.154. The van der Waals surface area contributed by atoms with Crippen LogP contribution in [0.2, 0.25) is 5.02 Å². The molecular weight excluding hydrogens is 319 g/mol. The Morgan fingerprint density at radius 2 is 2.11 bits per heavy atom. The Hall–Kier alpha value is -0.970. The Bertz CT molecular complexity index is 545. The molecule has 0 spiro atoms. The largest absolute Gasteiger partial charge is 0.324 e. The summed E-state index contributed by atoms with van der Waals surface area (Å²) in [5, 5.41) is 0.104. The van der Waals surface area contributed by atoms with Crippen LogP contribution in [0.5, 0.6) is 0 Å². The maximum Gasteiger partial charge on any atom is 0.142 e. The molecule has 1 aromatic heterocycles. The first kappa shape index (κ1) is 13.5. The normalized spacial score (nSPS) is 12.4. The Labute approximate surface area is 118 Å². The highest BCUT2D eigenvalue weighted by atomic mass is 79.9. The van der Waals surface area contributed by atoms with E-state index in [1.54, 1.807) is 12.3 Å². The lowest BCUT2D eigenvalue weighted by atomic mass is 10.0. The molecule has 0 saturated heterocycles. The summed E-state index contributed by atoms with van der Waals surface area (Å²) < 4.78 is 14.2. The van der Waals surface area contributed by atoms with Crippen molar-refractivity contribution in [3.05, 3.63) is 63.1 Å². The average molecular weight is 330 g/mol. The highest BCUT2D eigenvalue weighted by Crippen LogP contribution is 2.21. The first-order valence-electron chi connectivity index (χ1n) is 5.37. The highest BCUT2D eigenvalue weighted by molar-refractivity contribution is 9.10. The van der Waals surface area contributed by atoms with Gasteiger partial charge in [-0.25, -0.2) is 4.39 Å². The number of hydrogen-bond donors (Lipinski definition) is 1. The summed E-state index contributed by atoms with van der Waals surface area (Å²) >= 11 is 8.95. The third-order valence-electron chi connectivity index (χ3n) is 2.59. The number of pyridine rings is 1. The van der Waals surface area contributed by atoms with Crippen LogP contribution in [0.15, 0.2) is 41.0 Å². The van der Waals surface area contributed by atoms with Gasteiger partial charge < -0.3 is 5.73 Å². The molecule has 1 atom stereocenters. The smallest absolute Gasteiger partial charge is 0.142 e. The number of hydrogen-bond acceptors (Lipinski definition) is 2. The van der Waals surface area contributed by atoms with Crippen LogP contribution >= 0.6 is 27.5 Å². The molecule has 0 aliphatic rings. The summed E-state index contributed by atoms with van der Waals surface area (Å²) in [6, 6.07) is 8.10. The number of nitrogens with zero attached hydrogens (tertiary/aromatic N) is 1. The number of nitrogens with two attached hydrogens (primary N) is 1. The summed E-state index contributed by atoms with van der Waals surface area (Å²) in [6.45, 7) is 0. The minimum absolute atomic E-state index is 0.104. The maximum atomic E-state index is 13.3. The van der Waals surface area contributed by atoms with Gasteiger partial charge in [-0.1, -0.05) is 17.7 Å². The van der Waals surface area contributed by atoms with Gasteiger partial charge in [0.2, 0.25) is 0 Å². The molecule has 2 N–H and O–H groups in total. The van der Waals surface area contributed by atoms with Gasteiger partial charge in [0.25, 0.3) is 0 Å². The molecule has 94 valence electrons. The minimum atomic E-state index is -0.451. The molecule has 0 amide bonds. The Morgan fingerprint density at radius 1 is 1.33 bits per heavy atom. The number of benzene rings is 1. The zero-order valence-electron chi connectivity index (χ0n) is 9.41. The van der Waals surface area contributed by atoms with Crippen molar-refractivity contribution in [3.63, 3.8) is 0 Å². The summed E-state index contributed by atoms with van der Waals surface area (Å²) in [7, 11) is 0. The molecule has 2 aromatic rings. The van der Waals surface area contributed by atoms with E-state index in [1.165, 1.54) is 12.1 Å². The predicted molar refractivity (Wildman–Crippen MR) is 74.0 cm³/mol. The lowest BCUT2D eigenvalue weighted by Gasteiger charge is -2.12. The molecule has 0 aliphatic carbocycles. The monoisotopic (exact) mass is 328 g/mol. The molecule has 1 unspecified atom stereocenters. The van der Waals surface area contributed by atoms with Crippen LogP contribution in [0.3, 0.4) is 0 Å². The van der Waals surface area contributed by atoms with Gasteiger partial charge in [0.15, 0.2) is 0 Å². The summed E-state index contributed by atoms with van der Waals surface area (Å²) in [5.41, 5.74) is 7.59. The summed E-state index contributed by atoms with van der Waals surface area (Å²) in [4.78, 5) is 4.24. The van der Waals surface area contributed by atoms with E-state index in [-0.39, 0.29) is 11.1 Å². The third-order valence-corrected chi connectivity index (χ3v) is 3.37. The third kappa shape index (κ3) is 3.28. The lowest BCUT2D eigenvalue weighted by Crippen LogP contribution is -2.14. The molecule has 18 heavy (non-hydrogen) atoms. The molecule has 0 saturated carbocycles. The molecule has 1 heterocycles. The van der Waals surface area contributed by atoms with Crippen molar-refractivity contribution in [2.24, 2.45) is 5.73 Å². The van der Waals surface area contributed by atoms with Crippen LogP contribution in [-0.2, 0) is 6.42 Å². The Morgan fingerprint density at radius 3 is 2.72 bits per heavy atom. The van der Waals surface area contributed by atoms with E-state index in [0.29, 0.717) is 12.0 Å². The van der Waals surface area contributed by atoms with E-state index >= 15 is 0 Å². The van der Waals surface area contributed by atoms with Gasteiger partial charge in [0, 0.05) is 28.8 Å². The second kappa shape index (κ2) is 5.78. The highest BCUT2D eigenvalue weighted by Gasteiger charge is 2.10. The van der Waals surface area contributed by atoms with Crippen LogP contribution in [0.1, 0.15) is 17.3 Å². The van der Waals surface area contributed by atoms with Crippen LogP contribution in [0.25, 0.3) is 0 Å². The molecule has 0 fully saturated rings. The summed E-state index contributed by atoms with van der Waals surface area (Å²) in [6.07, 6.45) is 2.26. The van der Waals surface area contributed by atoms with Crippen LogP contribution < -0.4 is 5.73 Å². The first-order chi connectivity index (χ1) is 8.56. The van der Waals surface area contributed by atoms with Crippen molar-refractivity contribution in [1.82, 2.24) is 4.98 Å². The van der Waals surface area contributed by atoms with Crippen molar-refractivity contribution in [2.45, 2.75) is 12.5 Å². The van der Waals surface area contributed by atoms with E-state index in [2.05, 4.69) is 20.9 Å². The van der Waals surface area contributed by atoms with Crippen molar-refractivity contribution >= 4 is 27.5 Å². The number of halogens is 3. The molecule has 5 heteroatoms. The quantitative estimate of drug-likeness (QED) is 0.928. The molecule has 1 aromatic carbocycles. The van der Waals surface area contributed by atoms with Gasteiger partial charge in [-0.3, -0.25) is 4.98 Å². The maximum absolute atomic E-state index is 13.3. The van der Waals surface area contributed by atoms with Gasteiger partial charge in [-0.2, -0.15) is 0 Å². The zero-order valence-corrected chi connectivity index (χ0v) is 11.7. The SMILES string of the molecule is NC(Cc1ccc(Br)cn1)c1ccc(Cl)c(F)c1. The van der Waals surface area contributed by atoms with Crippen molar-refractivity contribution in [3.8, 4) is 0 Å². The van der Waals surface area contributed by atoms with Crippen LogP contribution in [0, 0.1) is 5.82 Å². The number of rotatable bonds is 3. The van der Waals surface area contributed by atoms with Gasteiger partial charge in [0.05, 0.1) is 5.02 Å². The summed E-state index contributed by atoms with van der Waals surface area (Å²) in [5.74, 6) is -0.451. The fourth-order valence-corrected chi connectivity index (χ4v) is 1.97. The van der Waals surface area contributed by atoms with E-state index in [4.69, 9.17) is 17.3 Å². The molecule has 0 aliphatic heterocycles. The zero-order chi connectivity index (χ0) is 13.1.